The van der Waals surface area contributed by atoms with E-state index in [-0.39, 0.29) is 5.91 Å². The number of fused-ring (bicyclic) bond motifs is 1. The Hall–Kier alpha value is -2.18. The summed E-state index contributed by atoms with van der Waals surface area (Å²) in [6, 6.07) is 6.06. The molecule has 1 aromatic carbocycles. The molecular weight excluding hydrogens is 292 g/mol. The van der Waals surface area contributed by atoms with Crippen LogP contribution in [0.2, 0.25) is 0 Å². The van der Waals surface area contributed by atoms with Crippen LogP contribution in [0.3, 0.4) is 0 Å². The molecule has 0 saturated heterocycles. The molecule has 0 bridgehead atoms. The third-order valence-electron chi connectivity index (χ3n) is 4.12. The maximum absolute atomic E-state index is 12.3. The predicted molar refractivity (Wildman–Crippen MR) is 88.3 cm³/mol. The van der Waals surface area contributed by atoms with Gasteiger partial charge in [-0.3, -0.25) is 9.69 Å². The molecule has 3 rings (SSSR count). The summed E-state index contributed by atoms with van der Waals surface area (Å²) < 4.78 is 5.10. The Balaban J connectivity index is 1.73. The van der Waals surface area contributed by atoms with Crippen molar-refractivity contribution in [2.45, 2.75) is 20.0 Å². The fourth-order valence-electron chi connectivity index (χ4n) is 2.81. The molecular formula is C17H22N4O2. The van der Waals surface area contributed by atoms with Crippen LogP contribution < -0.4 is 5.32 Å². The van der Waals surface area contributed by atoms with Crippen LogP contribution in [0, 0.1) is 6.92 Å². The van der Waals surface area contributed by atoms with Crippen molar-refractivity contribution in [2.24, 2.45) is 0 Å². The second kappa shape index (κ2) is 6.52. The highest BCUT2D eigenvalue weighted by molar-refractivity contribution is 6.04. The lowest BCUT2D eigenvalue weighted by molar-refractivity contribution is 0.102. The average Bonchev–Trinajstić information content (AvgIpc) is 3.11. The van der Waals surface area contributed by atoms with Gasteiger partial charge in [0.25, 0.3) is 5.91 Å². The quantitative estimate of drug-likeness (QED) is 0.916. The zero-order chi connectivity index (χ0) is 16.4. The number of aromatic nitrogens is 1. The van der Waals surface area contributed by atoms with Crippen LogP contribution in [-0.2, 0) is 13.1 Å². The molecule has 0 atom stereocenters. The summed E-state index contributed by atoms with van der Waals surface area (Å²) in [6.45, 7) is 5.55. The number of benzene rings is 1. The summed E-state index contributed by atoms with van der Waals surface area (Å²) in [4.78, 5) is 20.9. The molecule has 2 aromatic rings. The molecule has 0 saturated carbocycles. The van der Waals surface area contributed by atoms with Crippen molar-refractivity contribution in [1.82, 2.24) is 14.8 Å². The first kappa shape index (κ1) is 15.7. The largest absolute Gasteiger partial charge is 0.448 e. The fraction of sp³-hybridized carbons (Fsp3) is 0.412. The number of hydrogen-bond donors (Lipinski definition) is 1. The first-order valence-corrected chi connectivity index (χ1v) is 7.74. The lowest BCUT2D eigenvalue weighted by atomic mass is 10.1. The number of rotatable bonds is 5. The molecule has 6 heteroatoms. The standard InChI is InChI=1S/C17H22N4O2/c1-12-16(18-11-23-12)17(22)19-15-6-4-5-13-9-21(10-14(13)15)8-7-20(2)3/h4-6,11H,7-10H2,1-3H3,(H,19,22). The van der Waals surface area contributed by atoms with E-state index < -0.39 is 0 Å². The van der Waals surface area contributed by atoms with Gasteiger partial charge in [0.15, 0.2) is 12.1 Å². The van der Waals surface area contributed by atoms with E-state index in [1.54, 1.807) is 6.92 Å². The maximum atomic E-state index is 12.3. The van der Waals surface area contributed by atoms with E-state index in [0.717, 1.165) is 31.9 Å². The lowest BCUT2D eigenvalue weighted by Crippen LogP contribution is -2.27. The molecule has 1 aliphatic heterocycles. The highest BCUT2D eigenvalue weighted by Crippen LogP contribution is 2.29. The van der Waals surface area contributed by atoms with Crippen LogP contribution in [0.1, 0.15) is 27.4 Å². The van der Waals surface area contributed by atoms with Crippen LogP contribution in [-0.4, -0.2) is 47.9 Å². The molecule has 23 heavy (non-hydrogen) atoms. The van der Waals surface area contributed by atoms with Gasteiger partial charge in [-0.2, -0.15) is 0 Å². The lowest BCUT2D eigenvalue weighted by Gasteiger charge is -2.18. The molecule has 1 aromatic heterocycles. The van der Waals surface area contributed by atoms with Gasteiger partial charge < -0.3 is 14.6 Å². The van der Waals surface area contributed by atoms with Crippen LogP contribution >= 0.6 is 0 Å². The van der Waals surface area contributed by atoms with E-state index in [9.17, 15) is 4.79 Å². The van der Waals surface area contributed by atoms with Crippen LogP contribution in [0.25, 0.3) is 0 Å². The normalized spacial score (nSPS) is 14.3. The van der Waals surface area contributed by atoms with Gasteiger partial charge >= 0.3 is 0 Å². The van der Waals surface area contributed by atoms with Gasteiger partial charge in [-0.1, -0.05) is 12.1 Å². The molecule has 2 heterocycles. The third-order valence-corrected chi connectivity index (χ3v) is 4.12. The van der Waals surface area contributed by atoms with Crippen molar-refractivity contribution in [2.75, 3.05) is 32.5 Å². The number of carbonyl (C=O) groups excluding carboxylic acids is 1. The Bertz CT molecular complexity index is 708. The summed E-state index contributed by atoms with van der Waals surface area (Å²) in [6.07, 6.45) is 1.29. The van der Waals surface area contributed by atoms with E-state index in [2.05, 4.69) is 40.3 Å². The summed E-state index contributed by atoms with van der Waals surface area (Å²) in [5.41, 5.74) is 3.67. The Morgan fingerprint density at radius 1 is 1.39 bits per heavy atom. The monoisotopic (exact) mass is 314 g/mol. The average molecular weight is 314 g/mol. The minimum atomic E-state index is -0.226. The topological polar surface area (TPSA) is 61.6 Å². The van der Waals surface area contributed by atoms with Gasteiger partial charge in [0.1, 0.15) is 5.76 Å². The van der Waals surface area contributed by atoms with E-state index in [1.807, 2.05) is 12.1 Å². The summed E-state index contributed by atoms with van der Waals surface area (Å²) in [7, 11) is 4.16. The van der Waals surface area contributed by atoms with Crippen molar-refractivity contribution in [3.8, 4) is 0 Å². The van der Waals surface area contributed by atoms with Crippen molar-refractivity contribution in [3.05, 3.63) is 47.2 Å². The second-order valence-electron chi connectivity index (χ2n) is 6.17. The van der Waals surface area contributed by atoms with Gasteiger partial charge in [0.2, 0.25) is 0 Å². The molecule has 0 radical (unpaired) electrons. The van der Waals surface area contributed by atoms with Crippen molar-refractivity contribution >= 4 is 11.6 Å². The highest BCUT2D eigenvalue weighted by Gasteiger charge is 2.23. The van der Waals surface area contributed by atoms with E-state index >= 15 is 0 Å². The number of anilines is 1. The van der Waals surface area contributed by atoms with E-state index in [4.69, 9.17) is 4.42 Å². The molecule has 122 valence electrons. The summed E-state index contributed by atoms with van der Waals surface area (Å²) >= 11 is 0. The number of nitrogens with one attached hydrogen (secondary N) is 1. The number of nitrogens with zero attached hydrogens (tertiary/aromatic N) is 3. The third kappa shape index (κ3) is 3.43. The van der Waals surface area contributed by atoms with Gasteiger partial charge in [-0.15, -0.1) is 0 Å². The Labute approximate surface area is 136 Å². The SMILES string of the molecule is Cc1ocnc1C(=O)Nc1cccc2c1CN(CCN(C)C)C2. The molecule has 0 aliphatic carbocycles. The maximum Gasteiger partial charge on any atom is 0.277 e. The van der Waals surface area contributed by atoms with Gasteiger partial charge in [-0.25, -0.2) is 4.98 Å². The number of likely N-dealkylation sites (N-methyl/N-ethyl adjacent to an activating group) is 1. The number of aryl methyl sites for hydroxylation is 1. The zero-order valence-electron chi connectivity index (χ0n) is 13.8. The Morgan fingerprint density at radius 2 is 2.22 bits per heavy atom. The minimum absolute atomic E-state index is 0.226. The number of hydrogen-bond acceptors (Lipinski definition) is 5. The van der Waals surface area contributed by atoms with Crippen molar-refractivity contribution in [1.29, 1.82) is 0 Å². The van der Waals surface area contributed by atoms with E-state index in [1.165, 1.54) is 17.5 Å². The second-order valence-corrected chi connectivity index (χ2v) is 6.17. The predicted octanol–water partition coefficient (Wildman–Crippen LogP) is 2.11. The molecule has 1 N–H and O–H groups in total. The van der Waals surface area contributed by atoms with Gasteiger partial charge in [0, 0.05) is 31.9 Å². The molecule has 0 spiro atoms. The highest BCUT2D eigenvalue weighted by atomic mass is 16.3. The number of amides is 1. The smallest absolute Gasteiger partial charge is 0.277 e. The van der Waals surface area contributed by atoms with Crippen molar-refractivity contribution < 1.29 is 9.21 Å². The van der Waals surface area contributed by atoms with Crippen LogP contribution in [0.4, 0.5) is 5.69 Å². The first-order valence-electron chi connectivity index (χ1n) is 7.74. The first-order chi connectivity index (χ1) is 11.0. The Kier molecular flexibility index (Phi) is 4.45. The summed E-state index contributed by atoms with van der Waals surface area (Å²) in [5, 5.41) is 2.97. The summed E-state index contributed by atoms with van der Waals surface area (Å²) in [5.74, 6) is 0.305. The fourth-order valence-corrected chi connectivity index (χ4v) is 2.81. The van der Waals surface area contributed by atoms with Gasteiger partial charge in [0.05, 0.1) is 0 Å². The molecule has 0 fully saturated rings. The molecule has 0 unspecified atom stereocenters. The van der Waals surface area contributed by atoms with Crippen LogP contribution in [0.5, 0.6) is 0 Å². The Morgan fingerprint density at radius 3 is 2.91 bits per heavy atom. The van der Waals surface area contributed by atoms with E-state index in [0.29, 0.717) is 11.5 Å². The molecule has 1 amide bonds. The molecule has 1 aliphatic rings. The number of carbonyl (C=O) groups is 1. The van der Waals surface area contributed by atoms with Gasteiger partial charge in [-0.05, 0) is 38.2 Å². The van der Waals surface area contributed by atoms with Crippen LogP contribution in [0.15, 0.2) is 29.0 Å². The number of oxazole rings is 1. The minimum Gasteiger partial charge on any atom is -0.448 e. The molecule has 6 nitrogen and oxygen atoms in total. The van der Waals surface area contributed by atoms with Crippen molar-refractivity contribution in [3.63, 3.8) is 0 Å². The zero-order valence-corrected chi connectivity index (χ0v) is 13.8.